The monoisotopic (exact) mass is 374 g/mol. The maximum atomic E-state index is 12.6. The minimum absolute atomic E-state index is 0.0932. The van der Waals surface area contributed by atoms with E-state index in [4.69, 9.17) is 4.84 Å². The molecule has 2 aliphatic rings. The maximum absolute atomic E-state index is 12.6. The summed E-state index contributed by atoms with van der Waals surface area (Å²) in [6.07, 6.45) is 7.31. The van der Waals surface area contributed by atoms with Crippen molar-refractivity contribution >= 4 is 17.4 Å². The van der Waals surface area contributed by atoms with E-state index in [1.54, 1.807) is 17.5 Å². The molecule has 0 amide bonds. The van der Waals surface area contributed by atoms with Gasteiger partial charge in [-0.05, 0) is 63.7 Å². The molecule has 0 aliphatic carbocycles. The second kappa shape index (κ2) is 9.80. The molecule has 0 bridgehead atoms. The molecule has 27 heavy (non-hydrogen) atoms. The Bertz CT molecular complexity index is 611. The number of nitrogens with one attached hydrogen (secondary N) is 1. The highest BCUT2D eigenvalue weighted by molar-refractivity contribution is 5.97. The summed E-state index contributed by atoms with van der Waals surface area (Å²) in [4.78, 5) is 36.4. The van der Waals surface area contributed by atoms with Gasteiger partial charge in [0.05, 0.1) is 13.1 Å². The molecule has 148 valence electrons. The van der Waals surface area contributed by atoms with E-state index in [0.717, 1.165) is 51.1 Å². The molecule has 7 nitrogen and oxygen atoms in total. The first-order valence-corrected chi connectivity index (χ1v) is 9.96. The molecular weight excluding hydrogens is 344 g/mol. The molecule has 3 heterocycles. The van der Waals surface area contributed by atoms with Crippen molar-refractivity contribution in [3.63, 3.8) is 0 Å². The first-order chi connectivity index (χ1) is 13.1. The number of hydroxylamine groups is 2. The van der Waals surface area contributed by atoms with E-state index in [1.807, 2.05) is 12.1 Å². The predicted molar refractivity (Wildman–Crippen MR) is 103 cm³/mol. The second-order valence-electron chi connectivity index (χ2n) is 7.47. The number of ketones is 1. The zero-order valence-electron chi connectivity index (χ0n) is 16.1. The Kier molecular flexibility index (Phi) is 7.18. The summed E-state index contributed by atoms with van der Waals surface area (Å²) in [5, 5.41) is 5.04. The van der Waals surface area contributed by atoms with Crippen molar-refractivity contribution in [2.24, 2.45) is 11.8 Å². The number of hydrogen-bond donors (Lipinski definition) is 1. The standard InChI is InChI=1S/C20H30N4O3/c1-16(25)19(3-2-17-4-8-21-9-5-17)20(26)27-24-14-12-23(13-15-24)18-6-10-22-11-7-18/h6-7,10-11,17,19,21H,2-5,8-9,12-15H2,1H3. The van der Waals surface area contributed by atoms with Gasteiger partial charge in [-0.15, -0.1) is 5.06 Å². The molecule has 0 saturated carbocycles. The molecule has 3 rings (SSSR count). The smallest absolute Gasteiger partial charge is 0.335 e. The number of Topliss-reactive ketones (excluding diaryl/α,β-unsaturated/α-hetero) is 1. The second-order valence-corrected chi connectivity index (χ2v) is 7.47. The summed E-state index contributed by atoms with van der Waals surface area (Å²) < 4.78 is 0. The molecule has 0 radical (unpaired) electrons. The van der Waals surface area contributed by atoms with Gasteiger partial charge in [0.2, 0.25) is 0 Å². The van der Waals surface area contributed by atoms with Crippen LogP contribution in [0.1, 0.15) is 32.6 Å². The predicted octanol–water partition coefficient (Wildman–Crippen LogP) is 1.65. The van der Waals surface area contributed by atoms with Gasteiger partial charge in [0.15, 0.2) is 0 Å². The van der Waals surface area contributed by atoms with E-state index in [9.17, 15) is 9.59 Å². The van der Waals surface area contributed by atoms with E-state index >= 15 is 0 Å². The topological polar surface area (TPSA) is 74.8 Å². The Morgan fingerprint density at radius 1 is 1.19 bits per heavy atom. The van der Waals surface area contributed by atoms with Gasteiger partial charge >= 0.3 is 5.97 Å². The number of aromatic nitrogens is 1. The fourth-order valence-electron chi connectivity index (χ4n) is 3.84. The third-order valence-corrected chi connectivity index (χ3v) is 5.58. The van der Waals surface area contributed by atoms with Crippen molar-refractivity contribution in [1.82, 2.24) is 15.4 Å². The number of piperazine rings is 1. The van der Waals surface area contributed by atoms with Crippen LogP contribution in [-0.2, 0) is 14.4 Å². The molecule has 1 unspecified atom stereocenters. The summed E-state index contributed by atoms with van der Waals surface area (Å²) in [5.41, 5.74) is 1.12. The molecule has 2 saturated heterocycles. The number of nitrogens with zero attached hydrogens (tertiary/aromatic N) is 3. The molecular formula is C20H30N4O3. The van der Waals surface area contributed by atoms with E-state index in [1.165, 1.54) is 6.92 Å². The summed E-state index contributed by atoms with van der Waals surface area (Å²) >= 11 is 0. The lowest BCUT2D eigenvalue weighted by Gasteiger charge is -2.35. The van der Waals surface area contributed by atoms with Gasteiger partial charge in [-0.25, -0.2) is 4.79 Å². The van der Waals surface area contributed by atoms with E-state index in [0.29, 0.717) is 25.4 Å². The number of pyridine rings is 1. The fourth-order valence-corrected chi connectivity index (χ4v) is 3.84. The lowest BCUT2D eigenvalue weighted by atomic mass is 9.88. The van der Waals surface area contributed by atoms with Gasteiger partial charge in [-0.2, -0.15) is 0 Å². The van der Waals surface area contributed by atoms with Crippen molar-refractivity contribution < 1.29 is 14.4 Å². The zero-order valence-corrected chi connectivity index (χ0v) is 16.1. The molecule has 1 atom stereocenters. The van der Waals surface area contributed by atoms with Gasteiger partial charge in [-0.3, -0.25) is 9.78 Å². The molecule has 0 spiro atoms. The van der Waals surface area contributed by atoms with Crippen molar-refractivity contribution in [2.75, 3.05) is 44.2 Å². The minimum Gasteiger partial charge on any atom is -0.369 e. The van der Waals surface area contributed by atoms with Gasteiger partial charge in [-0.1, -0.05) is 0 Å². The van der Waals surface area contributed by atoms with Crippen LogP contribution in [0.25, 0.3) is 0 Å². The lowest BCUT2D eigenvalue weighted by Crippen LogP contribution is -2.48. The highest BCUT2D eigenvalue weighted by Crippen LogP contribution is 2.23. The molecule has 1 aromatic rings. The van der Waals surface area contributed by atoms with Gasteiger partial charge in [0, 0.05) is 31.2 Å². The Morgan fingerprint density at radius 3 is 2.48 bits per heavy atom. The normalized spacial score (nSPS) is 20.3. The SMILES string of the molecule is CC(=O)C(CCC1CCNCC1)C(=O)ON1CCN(c2ccncc2)CC1. The quantitative estimate of drug-likeness (QED) is 0.727. The Hall–Kier alpha value is -1.99. The zero-order chi connectivity index (χ0) is 19.1. The van der Waals surface area contributed by atoms with Crippen LogP contribution >= 0.6 is 0 Å². The van der Waals surface area contributed by atoms with Crippen LogP contribution in [0.3, 0.4) is 0 Å². The van der Waals surface area contributed by atoms with Crippen molar-refractivity contribution in [2.45, 2.75) is 32.6 Å². The van der Waals surface area contributed by atoms with Gasteiger partial charge < -0.3 is 15.1 Å². The number of piperidine rings is 1. The van der Waals surface area contributed by atoms with Crippen LogP contribution in [0.5, 0.6) is 0 Å². The van der Waals surface area contributed by atoms with E-state index < -0.39 is 11.9 Å². The van der Waals surface area contributed by atoms with Crippen LogP contribution in [0, 0.1) is 11.8 Å². The number of carbonyl (C=O) groups excluding carboxylic acids is 2. The van der Waals surface area contributed by atoms with Crippen molar-refractivity contribution in [1.29, 1.82) is 0 Å². The summed E-state index contributed by atoms with van der Waals surface area (Å²) in [5.74, 6) is -0.527. The van der Waals surface area contributed by atoms with Crippen LogP contribution in [0.15, 0.2) is 24.5 Å². The van der Waals surface area contributed by atoms with Crippen LogP contribution in [0.2, 0.25) is 0 Å². The van der Waals surface area contributed by atoms with Crippen molar-refractivity contribution in [3.05, 3.63) is 24.5 Å². The first kappa shape index (κ1) is 19.8. The van der Waals surface area contributed by atoms with E-state index in [2.05, 4.69) is 15.2 Å². The molecule has 2 aliphatic heterocycles. The Balaban J connectivity index is 1.45. The fraction of sp³-hybridized carbons (Fsp3) is 0.650. The number of anilines is 1. The number of rotatable bonds is 7. The Labute approximate surface area is 161 Å². The minimum atomic E-state index is -0.641. The average molecular weight is 374 g/mol. The van der Waals surface area contributed by atoms with Crippen LogP contribution in [-0.4, -0.2) is 61.1 Å². The third-order valence-electron chi connectivity index (χ3n) is 5.58. The molecule has 7 heteroatoms. The molecule has 0 aromatic carbocycles. The van der Waals surface area contributed by atoms with Crippen molar-refractivity contribution in [3.8, 4) is 0 Å². The van der Waals surface area contributed by atoms with Gasteiger partial charge in [0.25, 0.3) is 0 Å². The first-order valence-electron chi connectivity index (χ1n) is 9.96. The van der Waals surface area contributed by atoms with Gasteiger partial charge in [0.1, 0.15) is 11.7 Å². The molecule has 1 aromatic heterocycles. The highest BCUT2D eigenvalue weighted by atomic mass is 16.7. The van der Waals surface area contributed by atoms with Crippen LogP contribution < -0.4 is 10.2 Å². The largest absolute Gasteiger partial charge is 0.369 e. The number of carbonyl (C=O) groups is 2. The Morgan fingerprint density at radius 2 is 1.85 bits per heavy atom. The molecule has 2 fully saturated rings. The summed E-state index contributed by atoms with van der Waals surface area (Å²) in [6.45, 7) is 6.37. The lowest BCUT2D eigenvalue weighted by molar-refractivity contribution is -0.197. The number of hydrogen-bond acceptors (Lipinski definition) is 7. The third kappa shape index (κ3) is 5.74. The summed E-state index contributed by atoms with van der Waals surface area (Å²) in [7, 11) is 0. The van der Waals surface area contributed by atoms with Crippen LogP contribution in [0.4, 0.5) is 5.69 Å². The van der Waals surface area contributed by atoms with E-state index in [-0.39, 0.29) is 5.78 Å². The highest BCUT2D eigenvalue weighted by Gasteiger charge is 2.29. The molecule has 1 N–H and O–H groups in total. The average Bonchev–Trinajstić information content (AvgIpc) is 2.70. The maximum Gasteiger partial charge on any atom is 0.335 e. The summed E-state index contributed by atoms with van der Waals surface area (Å²) in [6, 6.07) is 3.96.